The molecule has 10 nitrogen and oxygen atoms in total. The third-order valence-electron chi connectivity index (χ3n) is 7.56. The zero-order chi connectivity index (χ0) is 31.8. The smallest absolute Gasteiger partial charge is 0.272 e. The van der Waals surface area contributed by atoms with Crippen LogP contribution in [0.3, 0.4) is 0 Å². The Hall–Kier alpha value is -4.75. The Morgan fingerprint density at radius 3 is 2.71 bits per heavy atom. The number of amides is 1. The molecule has 13 heteroatoms. The summed E-state index contributed by atoms with van der Waals surface area (Å²) in [6.45, 7) is 6.81. The van der Waals surface area contributed by atoms with Crippen molar-refractivity contribution in [1.29, 1.82) is 0 Å². The molecule has 3 heterocycles. The number of fused-ring (bicyclic) bond motifs is 1. The van der Waals surface area contributed by atoms with Gasteiger partial charge in [-0.2, -0.15) is 5.10 Å². The van der Waals surface area contributed by atoms with E-state index >= 15 is 4.39 Å². The maximum Gasteiger partial charge on any atom is 0.272 e. The van der Waals surface area contributed by atoms with Gasteiger partial charge < -0.3 is 24.3 Å². The van der Waals surface area contributed by atoms with Gasteiger partial charge in [0, 0.05) is 74.9 Å². The highest BCUT2D eigenvalue weighted by atomic mass is 19.3. The van der Waals surface area contributed by atoms with Crippen molar-refractivity contribution in [3.05, 3.63) is 78.0 Å². The predicted octanol–water partition coefficient (Wildman–Crippen LogP) is 4.94. The van der Waals surface area contributed by atoms with Gasteiger partial charge in [-0.15, -0.1) is 5.10 Å². The molecule has 1 aliphatic heterocycles. The van der Waals surface area contributed by atoms with Crippen molar-refractivity contribution in [3.8, 4) is 11.1 Å². The van der Waals surface area contributed by atoms with Gasteiger partial charge >= 0.3 is 0 Å². The second kappa shape index (κ2) is 14.8. The van der Waals surface area contributed by atoms with Crippen molar-refractivity contribution >= 4 is 41.3 Å². The fourth-order valence-corrected chi connectivity index (χ4v) is 5.22. The molecule has 1 amide bonds. The van der Waals surface area contributed by atoms with Crippen molar-refractivity contribution in [1.82, 2.24) is 14.9 Å². The van der Waals surface area contributed by atoms with Gasteiger partial charge in [0.1, 0.15) is 5.82 Å². The van der Waals surface area contributed by atoms with Gasteiger partial charge in [0.15, 0.2) is 6.61 Å². The molecule has 1 N–H and O–H groups in total. The standard InChI is InChI=1S/C32H34F3N7O3/c1-36-39-32(45-20-31(34)35)22-6-7-23(38-18-22)19-42(21-43)30-17-27(33)26(24-4-3-5-28-25(24)8-9-37-28)16-29(30)40(2)10-11-41-12-14-44-15-13-41/h3-9,16-18,21,31,37H,1,10-15,19-20H2,2H3/b39-32-. The van der Waals surface area contributed by atoms with E-state index in [4.69, 9.17) is 9.47 Å². The minimum Gasteiger partial charge on any atom is -0.470 e. The second-order valence-corrected chi connectivity index (χ2v) is 10.5. The lowest BCUT2D eigenvalue weighted by atomic mass is 9.99. The number of carbonyl (C=O) groups excluding carboxylic acids is 1. The number of benzene rings is 2. The maximum absolute atomic E-state index is 16.0. The number of ether oxygens (including phenoxy) is 2. The van der Waals surface area contributed by atoms with Crippen LogP contribution in [0.5, 0.6) is 0 Å². The van der Waals surface area contributed by atoms with E-state index in [0.717, 1.165) is 36.1 Å². The number of likely N-dealkylation sites (N-methyl/N-ethyl adjacent to an activating group) is 1. The fourth-order valence-electron chi connectivity index (χ4n) is 5.22. The van der Waals surface area contributed by atoms with Crippen molar-refractivity contribution < 1.29 is 27.4 Å². The number of H-pyrrole nitrogens is 1. The van der Waals surface area contributed by atoms with Crippen LogP contribution < -0.4 is 9.80 Å². The molecule has 1 aliphatic rings. The summed E-state index contributed by atoms with van der Waals surface area (Å²) >= 11 is 0. The molecule has 2 aromatic heterocycles. The lowest BCUT2D eigenvalue weighted by molar-refractivity contribution is -0.107. The summed E-state index contributed by atoms with van der Waals surface area (Å²) in [5, 5.41) is 7.92. The van der Waals surface area contributed by atoms with Crippen molar-refractivity contribution in [2.45, 2.75) is 13.0 Å². The number of nitrogens with one attached hydrogen (secondary N) is 1. The van der Waals surface area contributed by atoms with E-state index in [2.05, 4.69) is 31.8 Å². The van der Waals surface area contributed by atoms with Crippen molar-refractivity contribution in [3.63, 3.8) is 0 Å². The number of nitrogens with zero attached hydrogens (tertiary/aromatic N) is 6. The van der Waals surface area contributed by atoms with Gasteiger partial charge in [0.2, 0.25) is 12.3 Å². The van der Waals surface area contributed by atoms with Gasteiger partial charge in [0.25, 0.3) is 6.43 Å². The average molecular weight is 622 g/mol. The van der Waals surface area contributed by atoms with E-state index < -0.39 is 18.8 Å². The summed E-state index contributed by atoms with van der Waals surface area (Å²) in [7, 11) is 1.92. The summed E-state index contributed by atoms with van der Waals surface area (Å²) in [6, 6.07) is 13.9. The minimum atomic E-state index is -2.70. The van der Waals surface area contributed by atoms with Gasteiger partial charge in [-0.3, -0.25) is 14.7 Å². The van der Waals surface area contributed by atoms with E-state index in [1.807, 2.05) is 42.4 Å². The molecule has 0 aliphatic carbocycles. The van der Waals surface area contributed by atoms with E-state index in [1.165, 1.54) is 17.2 Å². The predicted molar refractivity (Wildman–Crippen MR) is 169 cm³/mol. The molecule has 1 fully saturated rings. The van der Waals surface area contributed by atoms with E-state index in [1.54, 1.807) is 18.2 Å². The Kier molecular flexibility index (Phi) is 10.4. The Bertz CT molecular complexity index is 1640. The lowest BCUT2D eigenvalue weighted by Gasteiger charge is -2.31. The maximum atomic E-state index is 16.0. The van der Waals surface area contributed by atoms with E-state index in [9.17, 15) is 13.6 Å². The SMILES string of the molecule is C=N/N=C(\OCC(F)F)c1ccc(CN(C=O)c2cc(F)c(-c3cccc4[nH]ccc34)cc2N(C)CCN2CCOCC2)nc1. The summed E-state index contributed by atoms with van der Waals surface area (Å²) in [4.78, 5) is 25.8. The highest BCUT2D eigenvalue weighted by molar-refractivity contribution is 5.97. The number of pyridine rings is 1. The first kappa shape index (κ1) is 31.7. The quantitative estimate of drug-likeness (QED) is 0.0983. The molecule has 0 saturated carbocycles. The highest BCUT2D eigenvalue weighted by Crippen LogP contribution is 2.38. The first-order valence-corrected chi connectivity index (χ1v) is 14.4. The molecule has 0 bridgehead atoms. The van der Waals surface area contributed by atoms with Crippen molar-refractivity contribution in [2.75, 3.05) is 62.8 Å². The first-order chi connectivity index (χ1) is 21.9. The number of morpholine rings is 1. The van der Waals surface area contributed by atoms with Crippen LogP contribution in [0.25, 0.3) is 22.0 Å². The van der Waals surface area contributed by atoms with Gasteiger partial charge in [-0.05, 0) is 35.9 Å². The van der Waals surface area contributed by atoms with Crippen LogP contribution in [0.4, 0.5) is 24.5 Å². The molecule has 0 radical (unpaired) electrons. The number of hydrogen-bond donors (Lipinski definition) is 1. The van der Waals surface area contributed by atoms with E-state index in [-0.39, 0.29) is 12.4 Å². The van der Waals surface area contributed by atoms with Crippen LogP contribution in [-0.4, -0.2) is 93.4 Å². The average Bonchev–Trinajstić information content (AvgIpc) is 3.55. The third-order valence-corrected chi connectivity index (χ3v) is 7.56. The van der Waals surface area contributed by atoms with Crippen LogP contribution in [-0.2, 0) is 20.8 Å². The minimum absolute atomic E-state index is 0.0182. The molecule has 4 aromatic rings. The van der Waals surface area contributed by atoms with Gasteiger partial charge in [-0.25, -0.2) is 13.2 Å². The molecule has 0 spiro atoms. The highest BCUT2D eigenvalue weighted by Gasteiger charge is 2.22. The molecular formula is C32H34F3N7O3. The number of aromatic nitrogens is 2. The molecule has 0 atom stereocenters. The molecule has 236 valence electrons. The summed E-state index contributed by atoms with van der Waals surface area (Å²) < 4.78 is 51.8. The number of alkyl halides is 2. The van der Waals surface area contributed by atoms with Crippen LogP contribution in [0.1, 0.15) is 11.3 Å². The van der Waals surface area contributed by atoms with Gasteiger partial charge in [0.05, 0.1) is 42.4 Å². The van der Waals surface area contributed by atoms with Crippen LogP contribution in [0.2, 0.25) is 0 Å². The Balaban J connectivity index is 1.46. The number of rotatable bonds is 13. The second-order valence-electron chi connectivity index (χ2n) is 10.5. The number of anilines is 2. The molecule has 45 heavy (non-hydrogen) atoms. The molecular weight excluding hydrogens is 587 g/mol. The monoisotopic (exact) mass is 621 g/mol. The van der Waals surface area contributed by atoms with Crippen LogP contribution in [0.15, 0.2) is 71.1 Å². The fraction of sp³-hybridized carbons (Fsp3) is 0.312. The lowest BCUT2D eigenvalue weighted by Crippen LogP contribution is -2.41. The molecule has 1 saturated heterocycles. The Labute approximate surface area is 258 Å². The van der Waals surface area contributed by atoms with Crippen LogP contribution >= 0.6 is 0 Å². The number of hydrogen-bond acceptors (Lipinski definition) is 8. The zero-order valence-corrected chi connectivity index (χ0v) is 24.8. The number of carbonyl (C=O) groups is 1. The van der Waals surface area contributed by atoms with Gasteiger partial charge in [-0.1, -0.05) is 12.1 Å². The van der Waals surface area contributed by atoms with E-state index in [0.29, 0.717) is 54.4 Å². The summed E-state index contributed by atoms with van der Waals surface area (Å²) in [6.07, 6.45) is 1.13. The third kappa shape index (κ3) is 7.67. The molecule has 0 unspecified atom stereocenters. The molecule has 2 aromatic carbocycles. The van der Waals surface area contributed by atoms with Crippen LogP contribution in [0, 0.1) is 5.82 Å². The number of aromatic amines is 1. The largest absolute Gasteiger partial charge is 0.470 e. The summed E-state index contributed by atoms with van der Waals surface area (Å²) in [5.41, 5.74) is 3.85. The Morgan fingerprint density at radius 2 is 2.00 bits per heavy atom. The summed E-state index contributed by atoms with van der Waals surface area (Å²) in [5.74, 6) is -0.635. The normalized spacial score (nSPS) is 14.1. The first-order valence-electron chi connectivity index (χ1n) is 14.4. The molecule has 5 rings (SSSR count). The Morgan fingerprint density at radius 1 is 1.18 bits per heavy atom. The number of halogens is 3. The van der Waals surface area contributed by atoms with Crippen molar-refractivity contribution in [2.24, 2.45) is 10.2 Å². The topological polar surface area (TPSA) is 98.7 Å². The zero-order valence-electron chi connectivity index (χ0n) is 24.8.